The van der Waals surface area contributed by atoms with Gasteiger partial charge in [0.1, 0.15) is 6.07 Å². The first-order valence-corrected chi connectivity index (χ1v) is 7.22. The first kappa shape index (κ1) is 16.2. The van der Waals surface area contributed by atoms with E-state index in [0.717, 1.165) is 0 Å². The molecule has 5 nitrogen and oxygen atoms in total. The minimum atomic E-state index is -3.56. The maximum atomic E-state index is 12.3. The van der Waals surface area contributed by atoms with Crippen LogP contribution in [0.5, 0.6) is 0 Å². The van der Waals surface area contributed by atoms with Gasteiger partial charge in [-0.2, -0.15) is 9.57 Å². The Morgan fingerprint density at radius 2 is 2.16 bits per heavy atom. The van der Waals surface area contributed by atoms with Crippen LogP contribution >= 0.6 is 24.0 Å². The molecular formula is C11H13Cl2N3O2S. The molecule has 1 aromatic rings. The zero-order valence-corrected chi connectivity index (χ0v) is 12.3. The van der Waals surface area contributed by atoms with Crippen LogP contribution in [0, 0.1) is 11.3 Å². The van der Waals surface area contributed by atoms with E-state index in [1.165, 1.54) is 22.5 Å². The third kappa shape index (κ3) is 3.19. The molecule has 0 bridgehead atoms. The third-order valence-electron chi connectivity index (χ3n) is 2.89. The quantitative estimate of drug-likeness (QED) is 0.890. The molecule has 1 heterocycles. The summed E-state index contributed by atoms with van der Waals surface area (Å²) >= 11 is 5.84. The Bertz CT molecular complexity index is 613. The van der Waals surface area contributed by atoms with E-state index in [9.17, 15) is 8.42 Å². The molecule has 2 N–H and O–H groups in total. The van der Waals surface area contributed by atoms with Gasteiger partial charge in [0.25, 0.3) is 0 Å². The van der Waals surface area contributed by atoms with Crippen LogP contribution < -0.4 is 5.73 Å². The first-order valence-electron chi connectivity index (χ1n) is 5.40. The molecule has 0 aliphatic carbocycles. The molecule has 1 atom stereocenters. The third-order valence-corrected chi connectivity index (χ3v) is 5.06. The van der Waals surface area contributed by atoms with E-state index in [4.69, 9.17) is 22.6 Å². The summed E-state index contributed by atoms with van der Waals surface area (Å²) in [6.45, 7) is 0.737. The first-order chi connectivity index (χ1) is 8.45. The highest BCUT2D eigenvalue weighted by Gasteiger charge is 2.31. The fourth-order valence-electron chi connectivity index (χ4n) is 1.87. The summed E-state index contributed by atoms with van der Waals surface area (Å²) in [5, 5.41) is 8.89. The van der Waals surface area contributed by atoms with Crippen molar-refractivity contribution >= 4 is 34.0 Å². The largest absolute Gasteiger partial charge is 0.326 e. The summed E-state index contributed by atoms with van der Waals surface area (Å²) in [5.41, 5.74) is 5.96. The monoisotopic (exact) mass is 321 g/mol. The molecule has 2 rings (SSSR count). The maximum Gasteiger partial charge on any atom is 0.243 e. The van der Waals surface area contributed by atoms with Crippen molar-refractivity contribution < 1.29 is 8.42 Å². The van der Waals surface area contributed by atoms with Crippen molar-refractivity contribution in [3.63, 3.8) is 0 Å². The van der Waals surface area contributed by atoms with Crippen molar-refractivity contribution in [3.05, 3.63) is 28.8 Å². The van der Waals surface area contributed by atoms with Crippen molar-refractivity contribution in [3.8, 4) is 6.07 Å². The van der Waals surface area contributed by atoms with Gasteiger partial charge in [0, 0.05) is 19.1 Å². The molecule has 1 saturated heterocycles. The van der Waals surface area contributed by atoms with Gasteiger partial charge < -0.3 is 5.73 Å². The van der Waals surface area contributed by atoms with Gasteiger partial charge >= 0.3 is 0 Å². The normalized spacial score (nSPS) is 19.7. The Morgan fingerprint density at radius 3 is 2.63 bits per heavy atom. The second-order valence-corrected chi connectivity index (χ2v) is 6.51. The van der Waals surface area contributed by atoms with E-state index >= 15 is 0 Å². The summed E-state index contributed by atoms with van der Waals surface area (Å²) in [6.07, 6.45) is 0.656. The van der Waals surface area contributed by atoms with E-state index in [1.54, 1.807) is 0 Å². The van der Waals surface area contributed by atoms with E-state index in [2.05, 4.69) is 0 Å². The van der Waals surface area contributed by atoms with Gasteiger partial charge in [-0.3, -0.25) is 0 Å². The Balaban J connectivity index is 0.00000180. The maximum absolute atomic E-state index is 12.3. The van der Waals surface area contributed by atoms with Crippen LogP contribution in [0.4, 0.5) is 0 Å². The lowest BCUT2D eigenvalue weighted by Gasteiger charge is -2.16. The number of benzene rings is 1. The summed E-state index contributed by atoms with van der Waals surface area (Å²) in [7, 11) is -3.56. The van der Waals surface area contributed by atoms with E-state index in [1.807, 2.05) is 6.07 Å². The van der Waals surface area contributed by atoms with Crippen LogP contribution in [0.15, 0.2) is 23.1 Å². The zero-order chi connectivity index (χ0) is 13.3. The van der Waals surface area contributed by atoms with Gasteiger partial charge in [0.2, 0.25) is 10.0 Å². The van der Waals surface area contributed by atoms with Crippen molar-refractivity contribution in [2.45, 2.75) is 17.4 Å². The Morgan fingerprint density at radius 1 is 1.47 bits per heavy atom. The number of hydrogen-bond donors (Lipinski definition) is 1. The molecule has 1 unspecified atom stereocenters. The van der Waals surface area contributed by atoms with E-state index in [-0.39, 0.29) is 33.9 Å². The predicted octanol–water partition coefficient (Wildman–Crippen LogP) is 1.36. The summed E-state index contributed by atoms with van der Waals surface area (Å²) in [6, 6.07) is 5.88. The highest BCUT2D eigenvalue weighted by Crippen LogP contribution is 2.24. The van der Waals surface area contributed by atoms with E-state index < -0.39 is 10.0 Å². The SMILES string of the molecule is Cl.N#Cc1ccc(S(=O)(=O)N2CCC(N)C2)cc1Cl. The van der Waals surface area contributed by atoms with Crippen molar-refractivity contribution in [2.24, 2.45) is 5.73 Å². The van der Waals surface area contributed by atoms with Crippen LogP contribution in [-0.4, -0.2) is 31.9 Å². The number of nitriles is 1. The highest BCUT2D eigenvalue weighted by atomic mass is 35.5. The molecule has 8 heteroatoms. The Hall–Kier alpha value is -0.840. The minimum Gasteiger partial charge on any atom is -0.326 e. The second-order valence-electron chi connectivity index (χ2n) is 4.17. The fraction of sp³-hybridized carbons (Fsp3) is 0.364. The van der Waals surface area contributed by atoms with Crippen LogP contribution in [0.1, 0.15) is 12.0 Å². The van der Waals surface area contributed by atoms with Crippen LogP contribution in [0.2, 0.25) is 5.02 Å². The molecule has 0 saturated carbocycles. The van der Waals surface area contributed by atoms with Gasteiger partial charge in [-0.05, 0) is 24.6 Å². The number of rotatable bonds is 2. The van der Waals surface area contributed by atoms with Crippen LogP contribution in [0.3, 0.4) is 0 Å². The number of nitrogens with two attached hydrogens (primary N) is 1. The van der Waals surface area contributed by atoms with Gasteiger partial charge in [-0.15, -0.1) is 12.4 Å². The molecule has 1 fully saturated rings. The molecule has 0 aromatic heterocycles. The van der Waals surface area contributed by atoms with Crippen LogP contribution in [0.25, 0.3) is 0 Å². The molecule has 0 amide bonds. The average Bonchev–Trinajstić information content (AvgIpc) is 2.76. The lowest BCUT2D eigenvalue weighted by molar-refractivity contribution is 0.472. The van der Waals surface area contributed by atoms with Gasteiger partial charge in [-0.1, -0.05) is 11.6 Å². The van der Waals surface area contributed by atoms with Crippen LogP contribution in [-0.2, 0) is 10.0 Å². The molecular weight excluding hydrogens is 309 g/mol. The predicted molar refractivity (Wildman–Crippen MR) is 74.8 cm³/mol. The lowest BCUT2D eigenvalue weighted by Crippen LogP contribution is -2.31. The molecule has 0 spiro atoms. The number of sulfonamides is 1. The minimum absolute atomic E-state index is 0. The smallest absolute Gasteiger partial charge is 0.243 e. The highest BCUT2D eigenvalue weighted by molar-refractivity contribution is 7.89. The molecule has 1 aliphatic heterocycles. The van der Waals surface area contributed by atoms with Crippen molar-refractivity contribution in [2.75, 3.05) is 13.1 Å². The lowest BCUT2D eigenvalue weighted by atomic mass is 10.2. The number of nitrogens with zero attached hydrogens (tertiary/aromatic N) is 2. The van der Waals surface area contributed by atoms with E-state index in [0.29, 0.717) is 19.5 Å². The van der Waals surface area contributed by atoms with Gasteiger partial charge in [-0.25, -0.2) is 8.42 Å². The second kappa shape index (κ2) is 6.07. The van der Waals surface area contributed by atoms with Crippen molar-refractivity contribution in [1.82, 2.24) is 4.31 Å². The Kier molecular flexibility index (Phi) is 5.18. The molecule has 1 aliphatic rings. The molecule has 0 radical (unpaired) electrons. The molecule has 104 valence electrons. The average molecular weight is 322 g/mol. The van der Waals surface area contributed by atoms with Gasteiger partial charge in [0.05, 0.1) is 15.5 Å². The topological polar surface area (TPSA) is 87.2 Å². The standard InChI is InChI=1S/C11H12ClN3O2S.ClH/c12-11-5-10(2-1-8(11)6-13)18(16,17)15-4-3-9(14)7-15;/h1-2,5,9H,3-4,7,14H2;1H. The summed E-state index contributed by atoms with van der Waals surface area (Å²) in [4.78, 5) is 0.0978. The number of halogens is 2. The molecule has 19 heavy (non-hydrogen) atoms. The summed E-state index contributed by atoms with van der Waals surface area (Å²) in [5.74, 6) is 0. The summed E-state index contributed by atoms with van der Waals surface area (Å²) < 4.78 is 25.9. The van der Waals surface area contributed by atoms with Gasteiger partial charge in [0.15, 0.2) is 0 Å². The fourth-order valence-corrected chi connectivity index (χ4v) is 3.69. The Labute approximate surface area is 123 Å². The van der Waals surface area contributed by atoms with Crippen molar-refractivity contribution in [1.29, 1.82) is 5.26 Å². The molecule has 1 aromatic carbocycles. The zero-order valence-electron chi connectivity index (χ0n) is 9.91. The number of hydrogen-bond acceptors (Lipinski definition) is 4.